The monoisotopic (exact) mass is 117 g/mol. The Kier molecular flexibility index (Phi) is 1.35. The second kappa shape index (κ2) is 1.84. The number of hydrogen-bond acceptors (Lipinski definition) is 3. The molecule has 0 spiro atoms. The molecule has 1 unspecified atom stereocenters. The van der Waals surface area contributed by atoms with Gasteiger partial charge in [0, 0.05) is 11.3 Å². The summed E-state index contributed by atoms with van der Waals surface area (Å²) in [5.41, 5.74) is 6.23. The van der Waals surface area contributed by atoms with Crippen molar-refractivity contribution >= 4 is 17.4 Å². The highest BCUT2D eigenvalue weighted by Crippen LogP contribution is 2.30. The molecule has 1 rings (SSSR count). The average molecular weight is 117 g/mol. The van der Waals surface area contributed by atoms with E-state index >= 15 is 0 Å². The highest BCUT2D eigenvalue weighted by Gasteiger charge is 2.33. The van der Waals surface area contributed by atoms with Gasteiger partial charge < -0.3 is 5.73 Å². The third kappa shape index (κ3) is 1.17. The Labute approximate surface area is 46.5 Å². The Bertz CT molecular complexity index is 85.8. The zero-order valence-corrected chi connectivity index (χ0v) is 4.65. The largest absolute Gasteiger partial charge is 0.327 e. The Morgan fingerprint density at radius 3 is 2.57 bits per heavy atom. The van der Waals surface area contributed by atoms with Crippen LogP contribution in [-0.2, 0) is 4.79 Å². The minimum atomic E-state index is 0.301. The Hall–Kier alpha value is -0.0200. The van der Waals surface area contributed by atoms with Crippen molar-refractivity contribution < 1.29 is 4.79 Å². The fraction of sp³-hybridized carbons (Fsp3) is 0.750. The lowest BCUT2D eigenvalue weighted by Gasteiger charge is -1.79. The predicted molar refractivity (Wildman–Crippen MR) is 30.7 cm³/mol. The van der Waals surface area contributed by atoms with E-state index in [0.717, 1.165) is 12.0 Å². The lowest BCUT2D eigenvalue weighted by molar-refractivity contribution is 0.570. The van der Waals surface area contributed by atoms with Crippen LogP contribution in [0.5, 0.6) is 0 Å². The Morgan fingerprint density at radius 1 is 1.86 bits per heavy atom. The molecule has 1 aliphatic carbocycles. The number of hydrogen-bond donors (Lipinski definition) is 1. The van der Waals surface area contributed by atoms with Gasteiger partial charge in [-0.2, -0.15) is 0 Å². The lowest BCUT2D eigenvalue weighted by atomic mass is 10.8. The van der Waals surface area contributed by atoms with Crippen molar-refractivity contribution in [3.05, 3.63) is 0 Å². The van der Waals surface area contributed by atoms with Crippen molar-refractivity contribution in [2.24, 2.45) is 5.73 Å². The van der Waals surface area contributed by atoms with Crippen LogP contribution in [0.1, 0.15) is 6.42 Å². The van der Waals surface area contributed by atoms with Gasteiger partial charge in [0.25, 0.3) is 0 Å². The van der Waals surface area contributed by atoms with Gasteiger partial charge in [-0.05, 0) is 6.42 Å². The number of thioether (sulfide) groups is 1. The molecule has 0 radical (unpaired) electrons. The van der Waals surface area contributed by atoms with E-state index in [1.54, 1.807) is 0 Å². The summed E-state index contributed by atoms with van der Waals surface area (Å²) in [6.45, 7) is 0. The van der Waals surface area contributed by atoms with Crippen LogP contribution < -0.4 is 5.73 Å². The number of nitrogens with two attached hydrogens (primary N) is 1. The maximum Gasteiger partial charge on any atom is 0.176 e. The minimum Gasteiger partial charge on any atom is -0.327 e. The molecule has 0 aromatic rings. The molecule has 0 bridgehead atoms. The molecule has 0 aromatic carbocycles. The molecule has 2 N–H and O–H groups in total. The number of carbonyl (C=O) groups excluding carboxylic acids is 1. The van der Waals surface area contributed by atoms with Gasteiger partial charge in [-0.15, -0.1) is 0 Å². The molecule has 2 atom stereocenters. The van der Waals surface area contributed by atoms with E-state index in [2.05, 4.69) is 0 Å². The predicted octanol–water partition coefficient (Wildman–Crippen LogP) is 0.00940. The van der Waals surface area contributed by atoms with Crippen LogP contribution in [-0.4, -0.2) is 16.9 Å². The van der Waals surface area contributed by atoms with Crippen molar-refractivity contribution in [1.82, 2.24) is 0 Å². The Balaban J connectivity index is 2.08. The second-order valence-electron chi connectivity index (χ2n) is 1.67. The summed E-state index contributed by atoms with van der Waals surface area (Å²) in [4.78, 5) is 9.71. The summed E-state index contributed by atoms with van der Waals surface area (Å²) in [7, 11) is 0. The van der Waals surface area contributed by atoms with Gasteiger partial charge in [-0.1, -0.05) is 11.8 Å². The average Bonchev–Trinajstić information content (AvgIpc) is 2.22. The van der Waals surface area contributed by atoms with Gasteiger partial charge in [-0.3, -0.25) is 4.79 Å². The van der Waals surface area contributed by atoms with E-state index in [9.17, 15) is 4.79 Å². The van der Waals surface area contributed by atoms with Crippen molar-refractivity contribution in [2.75, 3.05) is 0 Å². The maximum absolute atomic E-state index is 9.71. The van der Waals surface area contributed by atoms with Crippen LogP contribution in [0.3, 0.4) is 0 Å². The van der Waals surface area contributed by atoms with Crippen LogP contribution in [0.4, 0.5) is 0 Å². The van der Waals surface area contributed by atoms with E-state index in [0.29, 0.717) is 11.3 Å². The zero-order chi connectivity index (χ0) is 5.28. The third-order valence-electron chi connectivity index (χ3n) is 1.01. The van der Waals surface area contributed by atoms with Crippen molar-refractivity contribution in [3.63, 3.8) is 0 Å². The molecule has 1 saturated carbocycles. The Morgan fingerprint density at radius 2 is 2.43 bits per heavy atom. The first-order valence-electron chi connectivity index (χ1n) is 2.19. The van der Waals surface area contributed by atoms with Crippen LogP contribution in [0.2, 0.25) is 0 Å². The third-order valence-corrected chi connectivity index (χ3v) is 2.01. The van der Waals surface area contributed by atoms with Gasteiger partial charge in [0.1, 0.15) is 0 Å². The molecule has 0 aliphatic heterocycles. The molecular weight excluding hydrogens is 110 g/mol. The fourth-order valence-electron chi connectivity index (χ4n) is 0.418. The van der Waals surface area contributed by atoms with E-state index < -0.39 is 0 Å². The highest BCUT2D eigenvalue weighted by atomic mass is 32.2. The van der Waals surface area contributed by atoms with Crippen LogP contribution in [0.15, 0.2) is 0 Å². The molecule has 7 heavy (non-hydrogen) atoms. The van der Waals surface area contributed by atoms with E-state index in [4.69, 9.17) is 5.73 Å². The van der Waals surface area contributed by atoms with Gasteiger partial charge >= 0.3 is 0 Å². The molecule has 0 heterocycles. The standard InChI is InChI=1S/C4H7NOS/c5-3-1-4(3)7-2-6/h2-4H,1,5H2/t3?,4-/m1/s1. The summed E-state index contributed by atoms with van der Waals surface area (Å²) in [5.74, 6) is 0. The quantitative estimate of drug-likeness (QED) is 0.518. The maximum atomic E-state index is 9.71. The smallest absolute Gasteiger partial charge is 0.176 e. The summed E-state index contributed by atoms with van der Waals surface area (Å²) < 4.78 is 0. The molecule has 3 heteroatoms. The molecular formula is C4H7NOS. The molecule has 2 nitrogen and oxygen atoms in total. The van der Waals surface area contributed by atoms with Crippen LogP contribution >= 0.6 is 11.8 Å². The van der Waals surface area contributed by atoms with Gasteiger partial charge in [0.05, 0.1) is 0 Å². The van der Waals surface area contributed by atoms with Crippen molar-refractivity contribution in [2.45, 2.75) is 17.7 Å². The molecule has 0 saturated heterocycles. The zero-order valence-electron chi connectivity index (χ0n) is 3.83. The van der Waals surface area contributed by atoms with Crippen molar-refractivity contribution in [1.29, 1.82) is 0 Å². The summed E-state index contributed by atoms with van der Waals surface area (Å²) >= 11 is 1.30. The lowest BCUT2D eigenvalue weighted by Crippen LogP contribution is -2.01. The first-order valence-corrected chi connectivity index (χ1v) is 3.13. The summed E-state index contributed by atoms with van der Waals surface area (Å²) in [6, 6.07) is 0.301. The highest BCUT2D eigenvalue weighted by molar-refractivity contribution is 8.12. The minimum absolute atomic E-state index is 0.301. The van der Waals surface area contributed by atoms with Crippen molar-refractivity contribution in [3.8, 4) is 0 Å². The molecule has 1 fully saturated rings. The summed E-state index contributed by atoms with van der Waals surface area (Å²) in [6.07, 6.45) is 1.02. The fourth-order valence-corrected chi connectivity index (χ4v) is 1.10. The van der Waals surface area contributed by atoms with Gasteiger partial charge in [0.2, 0.25) is 0 Å². The molecule has 0 amide bonds. The molecule has 40 valence electrons. The van der Waals surface area contributed by atoms with Gasteiger partial charge in [0.15, 0.2) is 5.62 Å². The molecule has 0 aromatic heterocycles. The van der Waals surface area contributed by atoms with Crippen LogP contribution in [0, 0.1) is 0 Å². The SMILES string of the molecule is NC1C[C@H]1SC=O. The normalized spacial score (nSPS) is 37.9. The topological polar surface area (TPSA) is 43.1 Å². The number of rotatable bonds is 2. The second-order valence-corrected chi connectivity index (χ2v) is 2.74. The van der Waals surface area contributed by atoms with Gasteiger partial charge in [-0.25, -0.2) is 0 Å². The first kappa shape index (κ1) is 5.12. The van der Waals surface area contributed by atoms with E-state index in [-0.39, 0.29) is 0 Å². The molecule has 1 aliphatic rings. The number of carbonyl (C=O) groups is 1. The van der Waals surface area contributed by atoms with E-state index in [1.807, 2.05) is 0 Å². The van der Waals surface area contributed by atoms with Crippen LogP contribution in [0.25, 0.3) is 0 Å². The summed E-state index contributed by atoms with van der Waals surface area (Å²) in [5, 5.41) is 0.442. The first-order chi connectivity index (χ1) is 3.34. The van der Waals surface area contributed by atoms with E-state index in [1.165, 1.54) is 11.8 Å².